The summed E-state index contributed by atoms with van der Waals surface area (Å²) in [6.45, 7) is 3.26. The maximum Gasteiger partial charge on any atom is 0.325 e. The van der Waals surface area contributed by atoms with Gasteiger partial charge in [-0.15, -0.1) is 0 Å². The molecule has 0 atom stereocenters. The number of hydrogen-bond acceptors (Lipinski definition) is 6. The number of urea groups is 1. The highest BCUT2D eigenvalue weighted by atomic mass is 19.2. The summed E-state index contributed by atoms with van der Waals surface area (Å²) in [6.07, 6.45) is 3.51. The molecule has 0 fully saturated rings. The van der Waals surface area contributed by atoms with Crippen LogP contribution in [0.4, 0.5) is 30.6 Å². The number of aromatic nitrogens is 1. The fraction of sp³-hybridized carbons (Fsp3) is 0.167. The number of rotatable bonds is 5. The molecule has 2 aromatic rings. The van der Waals surface area contributed by atoms with Crippen molar-refractivity contribution in [3.8, 4) is 0 Å². The van der Waals surface area contributed by atoms with Gasteiger partial charge in [0.2, 0.25) is 0 Å². The highest BCUT2D eigenvalue weighted by Crippen LogP contribution is 2.27. The number of anilines is 3. The zero-order valence-corrected chi connectivity index (χ0v) is 15.5. The molecule has 2 rings (SSSR count). The van der Waals surface area contributed by atoms with Gasteiger partial charge in [0.1, 0.15) is 5.70 Å². The number of nitrogen functional groups attached to an aromatic ring is 1. The molecule has 148 valence electrons. The number of nitrogens with zero attached hydrogens (tertiary/aromatic N) is 3. The predicted octanol–water partition coefficient (Wildman–Crippen LogP) is 2.21. The molecule has 1 aromatic carbocycles. The van der Waals surface area contributed by atoms with E-state index in [0.29, 0.717) is 12.0 Å². The van der Waals surface area contributed by atoms with Crippen LogP contribution in [0, 0.1) is 18.6 Å². The molecular formula is C18H20F2N6O2. The molecule has 10 heteroatoms. The maximum absolute atomic E-state index is 13.5. The highest BCUT2D eigenvalue weighted by Gasteiger charge is 2.19. The van der Waals surface area contributed by atoms with E-state index in [4.69, 9.17) is 11.6 Å². The lowest BCUT2D eigenvalue weighted by atomic mass is 10.2. The van der Waals surface area contributed by atoms with E-state index in [1.54, 1.807) is 12.3 Å². The Balaban J connectivity index is 2.29. The molecule has 1 heterocycles. The average Bonchev–Trinajstić information content (AvgIpc) is 2.64. The van der Waals surface area contributed by atoms with Crippen molar-refractivity contribution in [3.63, 3.8) is 0 Å². The van der Waals surface area contributed by atoms with Gasteiger partial charge in [0.25, 0.3) is 0 Å². The molecule has 8 nitrogen and oxygen atoms in total. The Hall–Kier alpha value is -3.53. The van der Waals surface area contributed by atoms with Crippen LogP contribution in [0.2, 0.25) is 0 Å². The summed E-state index contributed by atoms with van der Waals surface area (Å²) in [6, 6.07) is 2.70. The summed E-state index contributed by atoms with van der Waals surface area (Å²) in [5.74, 6) is 3.52. The standard InChI is InChI=1S/C18H20F2N6O2/c1-10-4-12(8-23-7-10)25(3)18(28)24-11(2)17(9-27)26(22)16-6-14(20)13(19)5-15(16)21/h4-9H,21-22H2,1-3H3,(H,24,28)/b17-11+. The van der Waals surface area contributed by atoms with Gasteiger partial charge in [-0.25, -0.2) is 19.4 Å². The second kappa shape index (κ2) is 8.44. The number of benzene rings is 1. The number of amides is 2. The van der Waals surface area contributed by atoms with Gasteiger partial charge in [-0.1, -0.05) is 0 Å². The molecule has 2 amide bonds. The number of carbonyl (C=O) groups excluding carboxylic acids is 2. The molecule has 0 saturated carbocycles. The summed E-state index contributed by atoms with van der Waals surface area (Å²) in [5.41, 5.74) is 6.63. The van der Waals surface area contributed by atoms with Crippen LogP contribution in [0.1, 0.15) is 12.5 Å². The minimum Gasteiger partial charge on any atom is -0.397 e. The monoisotopic (exact) mass is 390 g/mol. The number of hydrogen-bond donors (Lipinski definition) is 3. The zero-order valence-electron chi connectivity index (χ0n) is 15.5. The van der Waals surface area contributed by atoms with E-state index in [2.05, 4.69) is 10.3 Å². The number of nitrogens with two attached hydrogens (primary N) is 2. The summed E-state index contributed by atoms with van der Waals surface area (Å²) < 4.78 is 26.8. The van der Waals surface area contributed by atoms with Crippen molar-refractivity contribution in [2.45, 2.75) is 13.8 Å². The van der Waals surface area contributed by atoms with E-state index in [1.807, 2.05) is 6.92 Å². The van der Waals surface area contributed by atoms with Gasteiger partial charge in [0.15, 0.2) is 17.9 Å². The lowest BCUT2D eigenvalue weighted by molar-refractivity contribution is -0.105. The van der Waals surface area contributed by atoms with Crippen molar-refractivity contribution >= 4 is 29.4 Å². The Morgan fingerprint density at radius 2 is 1.86 bits per heavy atom. The molecule has 0 aliphatic rings. The van der Waals surface area contributed by atoms with Crippen molar-refractivity contribution in [1.82, 2.24) is 10.3 Å². The predicted molar refractivity (Wildman–Crippen MR) is 102 cm³/mol. The molecule has 0 aliphatic carbocycles. The highest BCUT2D eigenvalue weighted by molar-refractivity contribution is 5.93. The molecule has 28 heavy (non-hydrogen) atoms. The van der Waals surface area contributed by atoms with Crippen molar-refractivity contribution in [2.24, 2.45) is 5.84 Å². The van der Waals surface area contributed by atoms with Crippen molar-refractivity contribution < 1.29 is 18.4 Å². The average molecular weight is 390 g/mol. The summed E-state index contributed by atoms with van der Waals surface area (Å²) in [4.78, 5) is 29.3. The Morgan fingerprint density at radius 3 is 2.46 bits per heavy atom. The second-order valence-corrected chi connectivity index (χ2v) is 6.03. The summed E-state index contributed by atoms with van der Waals surface area (Å²) in [5, 5.41) is 3.29. The van der Waals surface area contributed by atoms with Crippen LogP contribution in [0.25, 0.3) is 0 Å². The summed E-state index contributed by atoms with van der Waals surface area (Å²) in [7, 11) is 1.52. The number of carbonyl (C=O) groups is 2. The fourth-order valence-corrected chi connectivity index (χ4v) is 2.36. The Kier molecular flexibility index (Phi) is 6.26. The fourth-order valence-electron chi connectivity index (χ4n) is 2.36. The van der Waals surface area contributed by atoms with Crippen LogP contribution < -0.4 is 26.8 Å². The van der Waals surface area contributed by atoms with Crippen molar-refractivity contribution in [2.75, 3.05) is 22.7 Å². The van der Waals surface area contributed by atoms with Gasteiger partial charge >= 0.3 is 6.03 Å². The second-order valence-electron chi connectivity index (χ2n) is 6.03. The van der Waals surface area contributed by atoms with Crippen molar-refractivity contribution in [3.05, 3.63) is 59.2 Å². The first-order chi connectivity index (χ1) is 13.1. The molecular weight excluding hydrogens is 370 g/mol. The minimum atomic E-state index is -1.18. The Morgan fingerprint density at radius 1 is 1.21 bits per heavy atom. The van der Waals surface area contributed by atoms with Gasteiger partial charge in [-0.05, 0) is 25.5 Å². The number of hydrazine groups is 1. The third-order valence-corrected chi connectivity index (χ3v) is 3.93. The number of halogens is 2. The molecule has 0 aliphatic heterocycles. The van der Waals surface area contributed by atoms with Gasteiger partial charge < -0.3 is 11.1 Å². The Labute approximate surface area is 160 Å². The molecule has 5 N–H and O–H groups in total. The zero-order chi connectivity index (χ0) is 21.0. The third kappa shape index (κ3) is 4.41. The maximum atomic E-state index is 13.5. The van der Waals surface area contributed by atoms with E-state index in [-0.39, 0.29) is 22.8 Å². The largest absolute Gasteiger partial charge is 0.397 e. The van der Waals surface area contributed by atoms with Crippen LogP contribution in [0.3, 0.4) is 0 Å². The van der Waals surface area contributed by atoms with E-state index in [1.165, 1.54) is 25.1 Å². The van der Waals surface area contributed by atoms with Gasteiger partial charge in [0, 0.05) is 31.1 Å². The minimum absolute atomic E-state index is 0.0825. The van der Waals surface area contributed by atoms with Gasteiger partial charge in [-0.3, -0.25) is 19.7 Å². The normalized spacial score (nSPS) is 11.5. The van der Waals surface area contributed by atoms with Crippen LogP contribution in [-0.2, 0) is 4.79 Å². The number of aldehydes is 1. The van der Waals surface area contributed by atoms with Gasteiger partial charge in [0.05, 0.1) is 23.3 Å². The lowest BCUT2D eigenvalue weighted by Gasteiger charge is -2.24. The number of nitrogens with one attached hydrogen (secondary N) is 1. The topological polar surface area (TPSA) is 118 Å². The van der Waals surface area contributed by atoms with Crippen molar-refractivity contribution in [1.29, 1.82) is 0 Å². The van der Waals surface area contributed by atoms with Crippen LogP contribution in [0.5, 0.6) is 0 Å². The number of aryl methyl sites for hydroxylation is 1. The number of allylic oxidation sites excluding steroid dienone is 2. The van der Waals surface area contributed by atoms with Crippen LogP contribution >= 0.6 is 0 Å². The molecule has 0 radical (unpaired) electrons. The van der Waals surface area contributed by atoms with Crippen LogP contribution in [-0.4, -0.2) is 24.3 Å². The first-order valence-corrected chi connectivity index (χ1v) is 8.07. The molecule has 0 bridgehead atoms. The smallest absolute Gasteiger partial charge is 0.325 e. The van der Waals surface area contributed by atoms with E-state index >= 15 is 0 Å². The molecule has 1 aromatic heterocycles. The van der Waals surface area contributed by atoms with Gasteiger partial charge in [-0.2, -0.15) is 0 Å². The first-order valence-electron chi connectivity index (χ1n) is 8.07. The molecule has 0 spiro atoms. The first kappa shape index (κ1) is 20.8. The SMILES string of the molecule is C/C(NC(=O)N(C)c1cncc(C)c1)=C(/C=O)N(N)c1cc(F)c(F)cc1N. The quantitative estimate of drug-likeness (QED) is 0.237. The molecule has 0 unspecified atom stereocenters. The summed E-state index contributed by atoms with van der Waals surface area (Å²) >= 11 is 0. The van der Waals surface area contributed by atoms with E-state index < -0.39 is 17.7 Å². The third-order valence-electron chi connectivity index (χ3n) is 3.93. The Bertz CT molecular complexity index is 948. The van der Waals surface area contributed by atoms with E-state index in [9.17, 15) is 18.4 Å². The number of pyridine rings is 1. The lowest BCUT2D eigenvalue weighted by Crippen LogP contribution is -2.40. The molecule has 0 saturated heterocycles. The van der Waals surface area contributed by atoms with E-state index in [0.717, 1.165) is 22.7 Å². The van der Waals surface area contributed by atoms with Crippen LogP contribution in [0.15, 0.2) is 42.0 Å².